The van der Waals surface area contributed by atoms with Gasteiger partial charge in [0.25, 0.3) is 5.91 Å². The van der Waals surface area contributed by atoms with Crippen LogP contribution in [0.25, 0.3) is 0 Å². The van der Waals surface area contributed by atoms with Crippen LogP contribution in [-0.2, 0) is 0 Å². The number of hydrogen-bond acceptors (Lipinski definition) is 4. The smallest absolute Gasteiger partial charge is 0.271 e. The summed E-state index contributed by atoms with van der Waals surface area (Å²) >= 11 is 0. The van der Waals surface area contributed by atoms with Crippen molar-refractivity contribution in [3.8, 4) is 11.5 Å². The maximum atomic E-state index is 11.9. The predicted octanol–water partition coefficient (Wildman–Crippen LogP) is 2.55. The van der Waals surface area contributed by atoms with E-state index < -0.39 is 0 Å². The number of rotatable bonds is 5. The van der Waals surface area contributed by atoms with Gasteiger partial charge in [-0.3, -0.25) is 4.79 Å². The topological polar surface area (TPSA) is 70.9 Å². The van der Waals surface area contributed by atoms with Crippen LogP contribution >= 0.6 is 0 Å². The van der Waals surface area contributed by atoms with Gasteiger partial charge in [0.2, 0.25) is 0 Å². The van der Waals surface area contributed by atoms with E-state index in [0.29, 0.717) is 12.2 Å². The van der Waals surface area contributed by atoms with Gasteiger partial charge in [0.1, 0.15) is 11.5 Å². The second-order valence-corrected chi connectivity index (χ2v) is 4.25. The highest BCUT2D eigenvalue weighted by Crippen LogP contribution is 2.12. The van der Waals surface area contributed by atoms with Crippen LogP contribution in [0, 0.1) is 0 Å². The van der Waals surface area contributed by atoms with Crippen molar-refractivity contribution >= 4 is 12.1 Å². The summed E-state index contributed by atoms with van der Waals surface area (Å²) in [5.74, 6) is 0.611. The SMILES string of the molecule is CCOc1ccc(C(=O)N/N=C/c2ccc(O)cc2)cc1. The predicted molar refractivity (Wildman–Crippen MR) is 80.8 cm³/mol. The fourth-order valence-corrected chi connectivity index (χ4v) is 1.66. The van der Waals surface area contributed by atoms with Crippen LogP contribution in [0.4, 0.5) is 0 Å². The Hall–Kier alpha value is -2.82. The van der Waals surface area contributed by atoms with E-state index in [1.165, 1.54) is 6.21 Å². The molecule has 108 valence electrons. The molecule has 0 aliphatic carbocycles. The third-order valence-electron chi connectivity index (χ3n) is 2.70. The number of hydrazone groups is 1. The normalized spacial score (nSPS) is 10.5. The number of ether oxygens (including phenoxy) is 1. The zero-order chi connectivity index (χ0) is 15.1. The van der Waals surface area contributed by atoms with E-state index in [2.05, 4.69) is 10.5 Å². The third-order valence-corrected chi connectivity index (χ3v) is 2.70. The molecule has 0 aliphatic heterocycles. The Kier molecular flexibility index (Phi) is 4.93. The average Bonchev–Trinajstić information content (AvgIpc) is 2.50. The largest absolute Gasteiger partial charge is 0.508 e. The lowest BCUT2D eigenvalue weighted by molar-refractivity contribution is 0.0955. The summed E-state index contributed by atoms with van der Waals surface area (Å²) in [6.07, 6.45) is 1.51. The summed E-state index contributed by atoms with van der Waals surface area (Å²) in [7, 11) is 0. The molecule has 0 saturated carbocycles. The van der Waals surface area contributed by atoms with Crippen molar-refractivity contribution < 1.29 is 14.6 Å². The van der Waals surface area contributed by atoms with E-state index in [-0.39, 0.29) is 11.7 Å². The summed E-state index contributed by atoms with van der Waals surface area (Å²) in [6, 6.07) is 13.3. The minimum Gasteiger partial charge on any atom is -0.508 e. The van der Waals surface area contributed by atoms with Gasteiger partial charge in [-0.2, -0.15) is 5.10 Å². The van der Waals surface area contributed by atoms with Gasteiger partial charge in [0.05, 0.1) is 12.8 Å². The highest BCUT2D eigenvalue weighted by atomic mass is 16.5. The standard InChI is InChI=1S/C16H16N2O3/c1-2-21-15-9-5-13(6-10-15)16(20)18-17-11-12-3-7-14(19)8-4-12/h3-11,19H,2H2,1H3,(H,18,20)/b17-11+. The summed E-state index contributed by atoms with van der Waals surface area (Å²) in [6.45, 7) is 2.49. The number of aromatic hydroxyl groups is 1. The monoisotopic (exact) mass is 284 g/mol. The van der Waals surface area contributed by atoms with E-state index in [1.807, 2.05) is 6.92 Å². The third kappa shape index (κ3) is 4.35. The number of phenols is 1. The molecule has 2 aromatic rings. The summed E-state index contributed by atoms with van der Waals surface area (Å²) in [5.41, 5.74) is 3.72. The Labute approximate surface area is 122 Å². The van der Waals surface area contributed by atoms with Crippen molar-refractivity contribution in [3.05, 3.63) is 59.7 Å². The number of benzene rings is 2. The molecule has 5 heteroatoms. The highest BCUT2D eigenvalue weighted by molar-refractivity contribution is 5.95. The molecule has 0 fully saturated rings. The summed E-state index contributed by atoms with van der Waals surface area (Å²) in [5, 5.41) is 13.0. The van der Waals surface area contributed by atoms with E-state index >= 15 is 0 Å². The molecule has 2 rings (SSSR count). The second-order valence-electron chi connectivity index (χ2n) is 4.25. The molecule has 2 aromatic carbocycles. The molecule has 0 bridgehead atoms. The molecule has 0 unspecified atom stereocenters. The molecule has 0 atom stereocenters. The fourth-order valence-electron chi connectivity index (χ4n) is 1.66. The number of nitrogens with zero attached hydrogens (tertiary/aromatic N) is 1. The lowest BCUT2D eigenvalue weighted by atomic mass is 10.2. The molecule has 1 amide bonds. The van der Waals surface area contributed by atoms with Gasteiger partial charge in [0, 0.05) is 5.56 Å². The Morgan fingerprint density at radius 3 is 2.48 bits per heavy atom. The van der Waals surface area contributed by atoms with Gasteiger partial charge in [-0.1, -0.05) is 0 Å². The minimum absolute atomic E-state index is 0.186. The molecule has 0 aliphatic rings. The highest BCUT2D eigenvalue weighted by Gasteiger charge is 2.03. The van der Waals surface area contributed by atoms with Crippen LogP contribution in [-0.4, -0.2) is 23.8 Å². The first kappa shape index (κ1) is 14.6. The zero-order valence-electron chi connectivity index (χ0n) is 11.6. The van der Waals surface area contributed by atoms with E-state index in [1.54, 1.807) is 48.5 Å². The van der Waals surface area contributed by atoms with Crippen LogP contribution in [0.1, 0.15) is 22.8 Å². The van der Waals surface area contributed by atoms with Crippen LogP contribution in [0.5, 0.6) is 11.5 Å². The number of carbonyl (C=O) groups is 1. The van der Waals surface area contributed by atoms with E-state index in [4.69, 9.17) is 9.84 Å². The Bertz CT molecular complexity index is 619. The molecule has 21 heavy (non-hydrogen) atoms. The Balaban J connectivity index is 1.93. The summed E-state index contributed by atoms with van der Waals surface area (Å²) in [4.78, 5) is 11.9. The fraction of sp³-hybridized carbons (Fsp3) is 0.125. The number of hydrogen-bond donors (Lipinski definition) is 2. The quantitative estimate of drug-likeness (QED) is 0.654. The number of nitrogens with one attached hydrogen (secondary N) is 1. The average molecular weight is 284 g/mol. The lowest BCUT2D eigenvalue weighted by Crippen LogP contribution is -2.17. The lowest BCUT2D eigenvalue weighted by Gasteiger charge is -2.04. The second kappa shape index (κ2) is 7.09. The molecular formula is C16H16N2O3. The number of amides is 1. The zero-order valence-corrected chi connectivity index (χ0v) is 11.6. The molecule has 0 spiro atoms. The minimum atomic E-state index is -0.298. The molecule has 2 N–H and O–H groups in total. The van der Waals surface area contributed by atoms with Crippen LogP contribution in [0.2, 0.25) is 0 Å². The molecule has 0 saturated heterocycles. The first-order chi connectivity index (χ1) is 10.2. The van der Waals surface area contributed by atoms with Gasteiger partial charge in [-0.05, 0) is 61.0 Å². The van der Waals surface area contributed by atoms with Crippen LogP contribution in [0.15, 0.2) is 53.6 Å². The number of carbonyl (C=O) groups excluding carboxylic acids is 1. The van der Waals surface area contributed by atoms with Crippen molar-refractivity contribution in [1.29, 1.82) is 0 Å². The van der Waals surface area contributed by atoms with Gasteiger partial charge in [-0.15, -0.1) is 0 Å². The van der Waals surface area contributed by atoms with Gasteiger partial charge in [-0.25, -0.2) is 5.43 Å². The molecular weight excluding hydrogens is 268 g/mol. The van der Waals surface area contributed by atoms with Gasteiger partial charge >= 0.3 is 0 Å². The maximum Gasteiger partial charge on any atom is 0.271 e. The Morgan fingerprint density at radius 2 is 1.86 bits per heavy atom. The molecule has 0 aromatic heterocycles. The van der Waals surface area contributed by atoms with Crippen molar-refractivity contribution in [2.75, 3.05) is 6.61 Å². The van der Waals surface area contributed by atoms with Crippen molar-refractivity contribution in [1.82, 2.24) is 5.43 Å². The maximum absolute atomic E-state index is 11.9. The molecule has 5 nitrogen and oxygen atoms in total. The van der Waals surface area contributed by atoms with Gasteiger partial charge < -0.3 is 9.84 Å². The molecule has 0 radical (unpaired) electrons. The van der Waals surface area contributed by atoms with Gasteiger partial charge in [0.15, 0.2) is 0 Å². The van der Waals surface area contributed by atoms with Crippen molar-refractivity contribution in [2.45, 2.75) is 6.92 Å². The van der Waals surface area contributed by atoms with Crippen molar-refractivity contribution in [2.24, 2.45) is 5.10 Å². The molecule has 0 heterocycles. The van der Waals surface area contributed by atoms with E-state index in [9.17, 15) is 4.79 Å². The van der Waals surface area contributed by atoms with Crippen LogP contribution in [0.3, 0.4) is 0 Å². The van der Waals surface area contributed by atoms with E-state index in [0.717, 1.165) is 11.3 Å². The first-order valence-corrected chi connectivity index (χ1v) is 6.54. The Morgan fingerprint density at radius 1 is 1.19 bits per heavy atom. The number of phenolic OH excluding ortho intramolecular Hbond substituents is 1. The first-order valence-electron chi connectivity index (χ1n) is 6.54. The van der Waals surface area contributed by atoms with Crippen molar-refractivity contribution in [3.63, 3.8) is 0 Å². The summed E-state index contributed by atoms with van der Waals surface area (Å²) < 4.78 is 5.31. The van der Waals surface area contributed by atoms with Crippen LogP contribution < -0.4 is 10.2 Å².